The van der Waals surface area contributed by atoms with Gasteiger partial charge in [-0.15, -0.1) is 0 Å². The van der Waals surface area contributed by atoms with Crippen LogP contribution in [0.5, 0.6) is 11.5 Å². The van der Waals surface area contributed by atoms with Gasteiger partial charge in [0.15, 0.2) is 0 Å². The van der Waals surface area contributed by atoms with Crippen LogP contribution in [0.15, 0.2) is 66.7 Å². The Morgan fingerprint density at radius 2 is 1.31 bits per heavy atom. The second kappa shape index (κ2) is 9.36. The lowest BCUT2D eigenvalue weighted by atomic mass is 10.2. The predicted octanol–water partition coefficient (Wildman–Crippen LogP) is 3.99. The highest BCUT2D eigenvalue weighted by atomic mass is 16.5. The summed E-state index contributed by atoms with van der Waals surface area (Å²) in [4.78, 5) is 29.4. The standard InChI is InChI=1S/C22H21N3O4/c1-3-29-20-14-7-5-10-16(20)25-22(27)18-12-8-11-17(23-18)21(26)24-15-9-4-6-13-19(15)28-2/h4-14H,3H2,1-2H3,(H,24,26)(H,25,27). The van der Waals surface area contributed by atoms with E-state index in [0.717, 1.165) is 0 Å². The zero-order valence-corrected chi connectivity index (χ0v) is 16.1. The van der Waals surface area contributed by atoms with Gasteiger partial charge in [-0.25, -0.2) is 4.98 Å². The fraction of sp³-hybridized carbons (Fsp3) is 0.136. The molecular weight excluding hydrogens is 370 g/mol. The average molecular weight is 391 g/mol. The summed E-state index contributed by atoms with van der Waals surface area (Å²) in [7, 11) is 1.52. The fourth-order valence-electron chi connectivity index (χ4n) is 2.66. The summed E-state index contributed by atoms with van der Waals surface area (Å²) in [6.07, 6.45) is 0. The number of nitrogens with zero attached hydrogens (tertiary/aromatic N) is 1. The highest BCUT2D eigenvalue weighted by Gasteiger charge is 2.15. The number of hydrogen-bond donors (Lipinski definition) is 2. The zero-order valence-electron chi connectivity index (χ0n) is 16.1. The van der Waals surface area contributed by atoms with Gasteiger partial charge < -0.3 is 20.1 Å². The number of rotatable bonds is 7. The molecule has 2 amide bonds. The molecule has 0 unspecified atom stereocenters. The molecule has 7 heteroatoms. The van der Waals surface area contributed by atoms with Crippen molar-refractivity contribution in [2.24, 2.45) is 0 Å². The zero-order chi connectivity index (χ0) is 20.6. The molecule has 0 saturated carbocycles. The number of nitrogens with one attached hydrogen (secondary N) is 2. The molecule has 0 fully saturated rings. The molecule has 0 saturated heterocycles. The van der Waals surface area contributed by atoms with Crippen LogP contribution in [-0.2, 0) is 0 Å². The predicted molar refractivity (Wildman–Crippen MR) is 111 cm³/mol. The first-order valence-corrected chi connectivity index (χ1v) is 9.07. The topological polar surface area (TPSA) is 89.5 Å². The minimum atomic E-state index is -0.445. The van der Waals surface area contributed by atoms with Crippen molar-refractivity contribution < 1.29 is 19.1 Å². The highest BCUT2D eigenvalue weighted by molar-refractivity contribution is 6.06. The first kappa shape index (κ1) is 19.9. The molecule has 3 rings (SSSR count). The van der Waals surface area contributed by atoms with E-state index in [4.69, 9.17) is 9.47 Å². The summed E-state index contributed by atoms with van der Waals surface area (Å²) in [5, 5.41) is 5.51. The van der Waals surface area contributed by atoms with Crippen LogP contribution >= 0.6 is 0 Å². The van der Waals surface area contributed by atoms with Crippen LogP contribution in [0.25, 0.3) is 0 Å². The summed E-state index contributed by atoms with van der Waals surface area (Å²) < 4.78 is 10.7. The molecule has 7 nitrogen and oxygen atoms in total. The molecule has 0 aliphatic heterocycles. The molecule has 0 aliphatic rings. The third-order valence-corrected chi connectivity index (χ3v) is 4.00. The van der Waals surface area contributed by atoms with E-state index in [2.05, 4.69) is 15.6 Å². The molecule has 148 valence electrons. The minimum Gasteiger partial charge on any atom is -0.495 e. The quantitative estimate of drug-likeness (QED) is 0.636. The van der Waals surface area contributed by atoms with Crippen LogP contribution in [0.4, 0.5) is 11.4 Å². The molecule has 0 spiro atoms. The van der Waals surface area contributed by atoms with Gasteiger partial charge in [-0.2, -0.15) is 0 Å². The number of carbonyl (C=O) groups is 2. The van der Waals surface area contributed by atoms with Crippen LogP contribution in [0, 0.1) is 0 Å². The van der Waals surface area contributed by atoms with E-state index in [1.165, 1.54) is 13.2 Å². The molecule has 2 aromatic carbocycles. The van der Waals surface area contributed by atoms with Gasteiger partial charge in [0.25, 0.3) is 11.8 Å². The lowest BCUT2D eigenvalue weighted by Gasteiger charge is -2.12. The Morgan fingerprint density at radius 1 is 0.793 bits per heavy atom. The minimum absolute atomic E-state index is 0.113. The van der Waals surface area contributed by atoms with E-state index >= 15 is 0 Å². The second-order valence-electron chi connectivity index (χ2n) is 5.95. The third kappa shape index (κ3) is 4.90. The number of amides is 2. The van der Waals surface area contributed by atoms with E-state index in [1.807, 2.05) is 13.0 Å². The van der Waals surface area contributed by atoms with Gasteiger partial charge in [-0.1, -0.05) is 30.3 Å². The van der Waals surface area contributed by atoms with Gasteiger partial charge in [0.05, 0.1) is 25.1 Å². The smallest absolute Gasteiger partial charge is 0.274 e. The van der Waals surface area contributed by atoms with E-state index in [1.54, 1.807) is 54.6 Å². The molecule has 0 atom stereocenters. The van der Waals surface area contributed by atoms with E-state index in [9.17, 15) is 9.59 Å². The highest BCUT2D eigenvalue weighted by Crippen LogP contribution is 2.25. The van der Waals surface area contributed by atoms with Crippen molar-refractivity contribution in [2.45, 2.75) is 6.92 Å². The number of anilines is 2. The van der Waals surface area contributed by atoms with Gasteiger partial charge in [0.1, 0.15) is 22.9 Å². The summed E-state index contributed by atoms with van der Waals surface area (Å²) in [5.74, 6) is 0.207. The molecule has 1 aromatic heterocycles. The number of hydrogen-bond acceptors (Lipinski definition) is 5. The van der Waals surface area contributed by atoms with Gasteiger partial charge in [0, 0.05) is 0 Å². The molecule has 2 N–H and O–H groups in total. The number of pyridine rings is 1. The van der Waals surface area contributed by atoms with Crippen molar-refractivity contribution in [3.05, 3.63) is 78.1 Å². The third-order valence-electron chi connectivity index (χ3n) is 4.00. The maximum Gasteiger partial charge on any atom is 0.274 e. The molecule has 0 aliphatic carbocycles. The molecular formula is C22H21N3O4. The molecule has 0 bridgehead atoms. The van der Waals surface area contributed by atoms with Gasteiger partial charge in [-0.3, -0.25) is 9.59 Å². The Bertz CT molecular complexity index is 1020. The van der Waals surface area contributed by atoms with Gasteiger partial charge >= 0.3 is 0 Å². The summed E-state index contributed by atoms with van der Waals surface area (Å²) in [6.45, 7) is 2.34. The molecule has 0 radical (unpaired) electrons. The molecule has 29 heavy (non-hydrogen) atoms. The van der Waals surface area contributed by atoms with E-state index in [-0.39, 0.29) is 11.4 Å². The lowest BCUT2D eigenvalue weighted by Crippen LogP contribution is -2.19. The second-order valence-corrected chi connectivity index (χ2v) is 5.95. The number of methoxy groups -OCH3 is 1. The number of carbonyl (C=O) groups excluding carboxylic acids is 2. The summed E-state index contributed by atoms with van der Waals surface area (Å²) >= 11 is 0. The van der Waals surface area contributed by atoms with Crippen molar-refractivity contribution in [1.82, 2.24) is 4.98 Å². The van der Waals surface area contributed by atoms with Crippen molar-refractivity contribution in [1.29, 1.82) is 0 Å². The Morgan fingerprint density at radius 3 is 1.86 bits per heavy atom. The number of benzene rings is 2. The summed E-state index contributed by atoms with van der Waals surface area (Å²) in [5.41, 5.74) is 1.28. The maximum atomic E-state index is 12.6. The average Bonchev–Trinajstić information content (AvgIpc) is 2.75. The Hall–Kier alpha value is -3.87. The fourth-order valence-corrected chi connectivity index (χ4v) is 2.66. The molecule has 1 heterocycles. The Kier molecular flexibility index (Phi) is 6.42. The largest absolute Gasteiger partial charge is 0.495 e. The van der Waals surface area contributed by atoms with Crippen molar-refractivity contribution >= 4 is 23.2 Å². The van der Waals surface area contributed by atoms with Crippen LogP contribution < -0.4 is 20.1 Å². The maximum absolute atomic E-state index is 12.6. The number of aromatic nitrogens is 1. The monoisotopic (exact) mass is 391 g/mol. The van der Waals surface area contributed by atoms with Gasteiger partial charge in [0.2, 0.25) is 0 Å². The summed E-state index contributed by atoms with van der Waals surface area (Å²) in [6, 6.07) is 18.8. The Balaban J connectivity index is 1.77. The SMILES string of the molecule is CCOc1ccccc1NC(=O)c1cccc(C(=O)Nc2ccccc2OC)n1. The van der Waals surface area contributed by atoms with Crippen LogP contribution in [-0.4, -0.2) is 30.5 Å². The number of para-hydroxylation sites is 4. The van der Waals surface area contributed by atoms with Crippen molar-refractivity contribution in [3.8, 4) is 11.5 Å². The Labute approximate surface area is 168 Å². The van der Waals surface area contributed by atoms with Gasteiger partial charge in [-0.05, 0) is 43.3 Å². The van der Waals surface area contributed by atoms with Crippen molar-refractivity contribution in [2.75, 3.05) is 24.4 Å². The number of ether oxygens (including phenoxy) is 2. The van der Waals surface area contributed by atoms with E-state index < -0.39 is 11.8 Å². The van der Waals surface area contributed by atoms with Crippen LogP contribution in [0.2, 0.25) is 0 Å². The molecule has 3 aromatic rings. The lowest BCUT2D eigenvalue weighted by molar-refractivity contribution is 0.101. The van der Waals surface area contributed by atoms with Crippen LogP contribution in [0.3, 0.4) is 0 Å². The van der Waals surface area contributed by atoms with E-state index in [0.29, 0.717) is 29.5 Å². The normalized spacial score (nSPS) is 10.1. The van der Waals surface area contributed by atoms with Crippen LogP contribution in [0.1, 0.15) is 27.9 Å². The first-order valence-electron chi connectivity index (χ1n) is 9.07. The first-order chi connectivity index (χ1) is 14.1. The van der Waals surface area contributed by atoms with Crippen molar-refractivity contribution in [3.63, 3.8) is 0 Å².